The minimum atomic E-state index is -0.543. The maximum absolute atomic E-state index is 12.9. The van der Waals surface area contributed by atoms with Crippen molar-refractivity contribution < 1.29 is 23.8 Å². The summed E-state index contributed by atoms with van der Waals surface area (Å²) in [6.07, 6.45) is 77.1. The normalized spacial score (nSPS) is 12.4. The van der Waals surface area contributed by atoms with E-state index in [-0.39, 0.29) is 25.2 Å². The molecule has 0 aromatic carbocycles. The van der Waals surface area contributed by atoms with Crippen molar-refractivity contribution in [2.75, 3.05) is 19.8 Å². The van der Waals surface area contributed by atoms with E-state index < -0.39 is 6.10 Å². The first-order valence-electron chi connectivity index (χ1n) is 31.2. The third-order valence-corrected chi connectivity index (χ3v) is 13.8. The summed E-state index contributed by atoms with van der Waals surface area (Å²) in [6.45, 7) is 7.83. The van der Waals surface area contributed by atoms with Gasteiger partial charge in [0.25, 0.3) is 0 Å². The second-order valence-electron chi connectivity index (χ2n) is 21.0. The van der Waals surface area contributed by atoms with Gasteiger partial charge in [-0.15, -0.1) is 0 Å². The molecular formula is C65H120O5. The minimum Gasteiger partial charge on any atom is -0.462 e. The van der Waals surface area contributed by atoms with Crippen LogP contribution < -0.4 is 0 Å². The maximum atomic E-state index is 12.9. The molecule has 410 valence electrons. The largest absolute Gasteiger partial charge is 0.462 e. The first-order chi connectivity index (χ1) is 34.6. The van der Waals surface area contributed by atoms with E-state index in [1.54, 1.807) is 0 Å². The lowest BCUT2D eigenvalue weighted by Crippen LogP contribution is -2.30. The average Bonchev–Trinajstić information content (AvgIpc) is 3.36. The second kappa shape index (κ2) is 61.2. The number of hydrogen-bond donors (Lipinski definition) is 0. The number of unbranched alkanes of at least 4 members (excludes halogenated alkanes) is 39. The fourth-order valence-electron chi connectivity index (χ4n) is 9.12. The summed E-state index contributed by atoms with van der Waals surface area (Å²) in [6, 6.07) is 0. The molecule has 0 aliphatic carbocycles. The Balaban J connectivity index is 4.24. The number of allylic oxidation sites excluding steroid dienone is 8. The van der Waals surface area contributed by atoms with Gasteiger partial charge in [0.2, 0.25) is 0 Å². The lowest BCUT2D eigenvalue weighted by Gasteiger charge is -2.18. The second-order valence-corrected chi connectivity index (χ2v) is 21.0. The van der Waals surface area contributed by atoms with Crippen LogP contribution in [0.1, 0.15) is 329 Å². The van der Waals surface area contributed by atoms with Crippen molar-refractivity contribution in [2.24, 2.45) is 0 Å². The molecule has 1 atom stereocenters. The lowest BCUT2D eigenvalue weighted by molar-refractivity contribution is -0.163. The number of ether oxygens (including phenoxy) is 3. The highest BCUT2D eigenvalue weighted by Crippen LogP contribution is 2.16. The molecule has 0 radical (unpaired) electrons. The molecule has 0 saturated carbocycles. The van der Waals surface area contributed by atoms with Crippen molar-refractivity contribution in [3.63, 3.8) is 0 Å². The van der Waals surface area contributed by atoms with Crippen molar-refractivity contribution >= 4 is 11.9 Å². The summed E-state index contributed by atoms with van der Waals surface area (Å²) < 4.78 is 17.5. The molecule has 70 heavy (non-hydrogen) atoms. The molecule has 0 aliphatic heterocycles. The Morgan fingerprint density at radius 3 is 0.986 bits per heavy atom. The number of rotatable bonds is 58. The number of carbonyl (C=O) groups is 2. The van der Waals surface area contributed by atoms with E-state index in [9.17, 15) is 9.59 Å². The van der Waals surface area contributed by atoms with Gasteiger partial charge in [0.15, 0.2) is 6.10 Å². The standard InChI is InChI=1S/C65H120O5/c1-4-7-10-13-16-19-22-25-28-30-32-34-36-39-42-45-48-51-54-57-60-68-61-63(70-65(67)59-56-53-50-47-44-41-37-27-24-21-18-15-12-9-6-3)62-69-64(66)58-55-52-49-46-43-40-38-35-33-31-29-26-23-20-17-14-11-8-5-2/h16,19,25-29,37,63H,4-15,17-18,20-24,30-36,38-62H2,1-3H3/b19-16-,28-25-,29-26-,37-27-. The first kappa shape index (κ1) is 67.9. The van der Waals surface area contributed by atoms with E-state index in [1.807, 2.05) is 0 Å². The highest BCUT2D eigenvalue weighted by Gasteiger charge is 2.17. The van der Waals surface area contributed by atoms with Gasteiger partial charge < -0.3 is 14.2 Å². The van der Waals surface area contributed by atoms with Crippen LogP contribution in [0.3, 0.4) is 0 Å². The topological polar surface area (TPSA) is 61.8 Å². The van der Waals surface area contributed by atoms with Gasteiger partial charge >= 0.3 is 11.9 Å². The lowest BCUT2D eigenvalue weighted by atomic mass is 10.1. The van der Waals surface area contributed by atoms with E-state index in [2.05, 4.69) is 69.4 Å². The average molecular weight is 982 g/mol. The summed E-state index contributed by atoms with van der Waals surface area (Å²) in [4.78, 5) is 25.6. The van der Waals surface area contributed by atoms with Crippen LogP contribution in [0, 0.1) is 0 Å². The van der Waals surface area contributed by atoms with Crippen LogP contribution in [0.15, 0.2) is 48.6 Å². The molecular weight excluding hydrogens is 861 g/mol. The minimum absolute atomic E-state index is 0.0828. The summed E-state index contributed by atoms with van der Waals surface area (Å²) in [5, 5.41) is 0. The predicted molar refractivity (Wildman–Crippen MR) is 307 cm³/mol. The first-order valence-corrected chi connectivity index (χ1v) is 31.2. The zero-order valence-corrected chi connectivity index (χ0v) is 47.3. The molecule has 0 aromatic heterocycles. The van der Waals surface area contributed by atoms with E-state index in [0.717, 1.165) is 57.8 Å². The fourth-order valence-corrected chi connectivity index (χ4v) is 9.12. The van der Waals surface area contributed by atoms with Gasteiger partial charge in [-0.05, 0) is 103 Å². The molecule has 0 saturated heterocycles. The highest BCUT2D eigenvalue weighted by molar-refractivity contribution is 5.70. The Morgan fingerprint density at radius 1 is 0.314 bits per heavy atom. The monoisotopic (exact) mass is 981 g/mol. The quantitative estimate of drug-likeness (QED) is 0.0345. The molecule has 0 rings (SSSR count). The van der Waals surface area contributed by atoms with Crippen LogP contribution in [0.2, 0.25) is 0 Å². The van der Waals surface area contributed by atoms with Crippen LogP contribution in [0.5, 0.6) is 0 Å². The van der Waals surface area contributed by atoms with Crippen molar-refractivity contribution in [1.82, 2.24) is 0 Å². The van der Waals surface area contributed by atoms with Crippen molar-refractivity contribution in [1.29, 1.82) is 0 Å². The number of carbonyl (C=O) groups excluding carboxylic acids is 2. The van der Waals surface area contributed by atoms with Gasteiger partial charge in [-0.2, -0.15) is 0 Å². The third-order valence-electron chi connectivity index (χ3n) is 13.8. The summed E-state index contributed by atoms with van der Waals surface area (Å²) in [5.74, 6) is -0.394. The van der Waals surface area contributed by atoms with E-state index in [0.29, 0.717) is 19.4 Å². The number of hydrogen-bond acceptors (Lipinski definition) is 5. The van der Waals surface area contributed by atoms with Crippen LogP contribution in [-0.2, 0) is 23.8 Å². The molecule has 1 unspecified atom stereocenters. The van der Waals surface area contributed by atoms with E-state index >= 15 is 0 Å². The van der Waals surface area contributed by atoms with Crippen molar-refractivity contribution in [3.05, 3.63) is 48.6 Å². The predicted octanol–water partition coefficient (Wildman–Crippen LogP) is 21.5. The molecule has 5 nitrogen and oxygen atoms in total. The molecule has 0 bridgehead atoms. The van der Waals surface area contributed by atoms with E-state index in [4.69, 9.17) is 14.2 Å². The SMILES string of the molecule is CCCCC/C=C\C/C=C\CCCCCCCCCCCCOCC(COC(=O)CCCCCCCCCCC/C=C\CCCCCCCC)OC(=O)CCCCCCC/C=C\CCCCCCCC. The van der Waals surface area contributed by atoms with Crippen LogP contribution in [0.25, 0.3) is 0 Å². The molecule has 0 aliphatic rings. The Hall–Kier alpha value is -2.14. The van der Waals surface area contributed by atoms with Gasteiger partial charge in [-0.25, -0.2) is 0 Å². The smallest absolute Gasteiger partial charge is 0.306 e. The van der Waals surface area contributed by atoms with Crippen LogP contribution >= 0.6 is 0 Å². The zero-order valence-electron chi connectivity index (χ0n) is 47.3. The summed E-state index contributed by atoms with van der Waals surface area (Å²) >= 11 is 0. The van der Waals surface area contributed by atoms with Crippen molar-refractivity contribution in [2.45, 2.75) is 335 Å². The summed E-state index contributed by atoms with van der Waals surface area (Å²) in [5.41, 5.74) is 0. The molecule has 0 fully saturated rings. The fraction of sp³-hybridized carbons (Fsp3) is 0.846. The van der Waals surface area contributed by atoms with Gasteiger partial charge in [0.05, 0.1) is 6.61 Å². The summed E-state index contributed by atoms with van der Waals surface area (Å²) in [7, 11) is 0. The van der Waals surface area contributed by atoms with Crippen molar-refractivity contribution in [3.8, 4) is 0 Å². The molecule has 0 aromatic rings. The molecule has 0 amide bonds. The van der Waals surface area contributed by atoms with Crippen LogP contribution in [-0.4, -0.2) is 37.9 Å². The Labute approximate surface area is 437 Å². The van der Waals surface area contributed by atoms with Gasteiger partial charge in [0.1, 0.15) is 6.61 Å². The third kappa shape index (κ3) is 58.4. The van der Waals surface area contributed by atoms with Gasteiger partial charge in [0, 0.05) is 19.4 Å². The van der Waals surface area contributed by atoms with Crippen LogP contribution in [0.4, 0.5) is 0 Å². The molecule has 0 spiro atoms. The maximum Gasteiger partial charge on any atom is 0.306 e. The van der Waals surface area contributed by atoms with Gasteiger partial charge in [-0.3, -0.25) is 9.59 Å². The molecule has 0 N–H and O–H groups in total. The Morgan fingerprint density at radius 2 is 0.600 bits per heavy atom. The number of esters is 2. The Kier molecular flexibility index (Phi) is 59.3. The van der Waals surface area contributed by atoms with E-state index in [1.165, 1.54) is 238 Å². The Bertz CT molecular complexity index is 1150. The highest BCUT2D eigenvalue weighted by atomic mass is 16.6. The molecule has 0 heterocycles. The zero-order chi connectivity index (χ0) is 50.6. The molecule has 5 heteroatoms. The van der Waals surface area contributed by atoms with Gasteiger partial charge in [-0.1, -0.05) is 262 Å².